The first-order chi connectivity index (χ1) is 12.6. The van der Waals surface area contributed by atoms with Crippen LogP contribution < -0.4 is 0 Å². The van der Waals surface area contributed by atoms with Crippen LogP contribution in [-0.4, -0.2) is 11.1 Å². The minimum absolute atomic E-state index is 0.0556. The number of carbonyl (C=O) groups excluding carboxylic acids is 1. The van der Waals surface area contributed by atoms with E-state index < -0.39 is 0 Å². The van der Waals surface area contributed by atoms with Crippen molar-refractivity contribution in [2.75, 3.05) is 0 Å². The molecule has 5 heteroatoms. The van der Waals surface area contributed by atoms with Gasteiger partial charge in [-0.3, -0.25) is 4.79 Å². The molecule has 0 aromatic carbocycles. The van der Waals surface area contributed by atoms with Gasteiger partial charge < -0.3 is 9.84 Å². The van der Waals surface area contributed by atoms with Gasteiger partial charge in [0.05, 0.1) is 6.10 Å². The van der Waals surface area contributed by atoms with E-state index in [9.17, 15) is 9.90 Å². The number of unbranched alkanes of at least 4 members (excludes halogenated alkanes) is 3. The Morgan fingerprint density at radius 2 is 1.65 bits per heavy atom. The summed E-state index contributed by atoms with van der Waals surface area (Å²) in [5.74, 6) is -0.0563. The largest absolute Gasteiger partial charge is 0.457 e. The van der Waals surface area contributed by atoms with Gasteiger partial charge in [-0.2, -0.15) is 22.7 Å². The van der Waals surface area contributed by atoms with Crippen LogP contribution in [0.5, 0.6) is 0 Å². The molecule has 0 aliphatic rings. The average molecular weight is 397 g/mol. The molecule has 0 saturated heterocycles. The summed E-state index contributed by atoms with van der Waals surface area (Å²) in [4.78, 5) is 11.7. The van der Waals surface area contributed by atoms with Crippen LogP contribution in [0, 0.1) is 0 Å². The molecule has 26 heavy (non-hydrogen) atoms. The molecule has 0 radical (unpaired) electrons. The quantitative estimate of drug-likeness (QED) is 0.351. The SMILES string of the molecule is CCC(O)c1ccsc1.CCCCCCC(=O)OC(CC)c1ccsc1. The molecule has 0 aliphatic heterocycles. The first-order valence-electron chi connectivity index (χ1n) is 9.54. The van der Waals surface area contributed by atoms with Crippen LogP contribution in [0.2, 0.25) is 0 Å². The topological polar surface area (TPSA) is 46.5 Å². The number of ether oxygens (including phenoxy) is 1. The van der Waals surface area contributed by atoms with Gasteiger partial charge in [0.15, 0.2) is 0 Å². The van der Waals surface area contributed by atoms with Gasteiger partial charge in [-0.15, -0.1) is 0 Å². The Balaban J connectivity index is 0.000000314. The molecule has 2 rings (SSSR count). The zero-order valence-corrected chi connectivity index (χ0v) is 17.8. The number of aliphatic hydroxyl groups is 1. The summed E-state index contributed by atoms with van der Waals surface area (Å²) in [6.45, 7) is 6.19. The van der Waals surface area contributed by atoms with Crippen molar-refractivity contribution in [2.45, 2.75) is 77.9 Å². The van der Waals surface area contributed by atoms with Crippen LogP contribution in [0.3, 0.4) is 0 Å². The number of hydrogen-bond donors (Lipinski definition) is 1. The predicted octanol–water partition coefficient (Wildman–Crippen LogP) is 6.90. The maximum absolute atomic E-state index is 11.7. The van der Waals surface area contributed by atoms with Crippen molar-refractivity contribution in [3.05, 3.63) is 44.8 Å². The van der Waals surface area contributed by atoms with Crippen molar-refractivity contribution in [1.82, 2.24) is 0 Å². The molecule has 3 nitrogen and oxygen atoms in total. The van der Waals surface area contributed by atoms with Crippen LogP contribution in [0.4, 0.5) is 0 Å². The second kappa shape index (κ2) is 14.0. The molecule has 2 heterocycles. The molecule has 2 atom stereocenters. The highest BCUT2D eigenvalue weighted by Crippen LogP contribution is 2.24. The van der Waals surface area contributed by atoms with Crippen molar-refractivity contribution in [3.63, 3.8) is 0 Å². The second-order valence-electron chi connectivity index (χ2n) is 6.23. The molecule has 1 N–H and O–H groups in total. The Kier molecular flexibility index (Phi) is 12.3. The molecule has 0 aliphatic carbocycles. The molecular formula is C21H32O3S2. The third-order valence-electron chi connectivity index (χ3n) is 4.11. The Hall–Kier alpha value is -1.17. The predicted molar refractivity (Wildman–Crippen MR) is 112 cm³/mol. The van der Waals surface area contributed by atoms with Crippen LogP contribution >= 0.6 is 22.7 Å². The summed E-state index contributed by atoms with van der Waals surface area (Å²) in [6.07, 6.45) is 6.37. The van der Waals surface area contributed by atoms with E-state index in [1.807, 2.05) is 42.1 Å². The minimum Gasteiger partial charge on any atom is -0.457 e. The highest BCUT2D eigenvalue weighted by Gasteiger charge is 2.14. The Bertz CT molecular complexity index is 564. The fourth-order valence-electron chi connectivity index (χ4n) is 2.46. The molecule has 2 aromatic rings. The summed E-state index contributed by atoms with van der Waals surface area (Å²) in [6, 6.07) is 3.99. The lowest BCUT2D eigenvalue weighted by atomic mass is 10.1. The highest BCUT2D eigenvalue weighted by molar-refractivity contribution is 7.08. The Morgan fingerprint density at radius 3 is 2.15 bits per heavy atom. The minimum atomic E-state index is -0.253. The first kappa shape index (κ1) is 22.9. The second-order valence-corrected chi connectivity index (χ2v) is 7.79. The third-order valence-corrected chi connectivity index (χ3v) is 5.51. The standard InChI is InChI=1S/C14H22O2S.C7H10OS/c1-3-5-6-7-8-14(15)16-13(4-2)12-9-10-17-11-12;1-2-7(8)6-3-4-9-5-6/h9-11,13H,3-8H2,1-2H3;3-5,7-8H,2H2,1H3. The summed E-state index contributed by atoms with van der Waals surface area (Å²) in [7, 11) is 0. The Labute approximate surface area is 166 Å². The third kappa shape index (κ3) is 8.97. The van der Waals surface area contributed by atoms with Crippen LogP contribution in [-0.2, 0) is 9.53 Å². The van der Waals surface area contributed by atoms with Gasteiger partial charge in [-0.1, -0.05) is 40.0 Å². The zero-order valence-electron chi connectivity index (χ0n) is 16.1. The Morgan fingerprint density at radius 1 is 1.00 bits per heavy atom. The van der Waals surface area contributed by atoms with Gasteiger partial charge in [0, 0.05) is 12.0 Å². The summed E-state index contributed by atoms with van der Waals surface area (Å²) in [5, 5.41) is 17.3. The maximum Gasteiger partial charge on any atom is 0.306 e. The molecule has 0 spiro atoms. The van der Waals surface area contributed by atoms with E-state index in [0.29, 0.717) is 6.42 Å². The van der Waals surface area contributed by atoms with E-state index in [2.05, 4.69) is 12.3 Å². The summed E-state index contributed by atoms with van der Waals surface area (Å²) in [5.41, 5.74) is 2.17. The fraction of sp³-hybridized carbons (Fsp3) is 0.571. The van der Waals surface area contributed by atoms with Crippen molar-refractivity contribution >= 4 is 28.6 Å². The van der Waals surface area contributed by atoms with E-state index >= 15 is 0 Å². The zero-order chi connectivity index (χ0) is 19.2. The van der Waals surface area contributed by atoms with Gasteiger partial charge in [-0.05, 0) is 58.5 Å². The first-order valence-corrected chi connectivity index (χ1v) is 11.4. The molecule has 2 unspecified atom stereocenters. The molecule has 0 amide bonds. The summed E-state index contributed by atoms with van der Waals surface area (Å²) < 4.78 is 5.49. The molecular weight excluding hydrogens is 364 g/mol. The lowest BCUT2D eigenvalue weighted by Crippen LogP contribution is -2.10. The van der Waals surface area contributed by atoms with Gasteiger partial charge in [0.25, 0.3) is 0 Å². The van der Waals surface area contributed by atoms with Gasteiger partial charge in [0.2, 0.25) is 0 Å². The monoisotopic (exact) mass is 396 g/mol. The number of carbonyl (C=O) groups is 1. The lowest BCUT2D eigenvalue weighted by molar-refractivity contribution is -0.149. The van der Waals surface area contributed by atoms with E-state index in [1.54, 1.807) is 22.7 Å². The number of rotatable bonds is 10. The van der Waals surface area contributed by atoms with E-state index in [-0.39, 0.29) is 18.2 Å². The van der Waals surface area contributed by atoms with Gasteiger partial charge in [0.1, 0.15) is 6.10 Å². The van der Waals surface area contributed by atoms with Gasteiger partial charge >= 0.3 is 5.97 Å². The maximum atomic E-state index is 11.7. The smallest absolute Gasteiger partial charge is 0.306 e. The number of thiophene rings is 2. The molecule has 0 fully saturated rings. The van der Waals surface area contributed by atoms with Gasteiger partial charge in [-0.25, -0.2) is 0 Å². The van der Waals surface area contributed by atoms with Crippen LogP contribution in [0.1, 0.15) is 89.1 Å². The number of esters is 1. The van der Waals surface area contributed by atoms with E-state index in [0.717, 1.165) is 36.8 Å². The highest BCUT2D eigenvalue weighted by atomic mass is 32.1. The van der Waals surface area contributed by atoms with Crippen LogP contribution in [0.25, 0.3) is 0 Å². The summed E-state index contributed by atoms with van der Waals surface area (Å²) >= 11 is 3.27. The van der Waals surface area contributed by atoms with Crippen molar-refractivity contribution < 1.29 is 14.6 Å². The fourth-order valence-corrected chi connectivity index (χ4v) is 3.87. The molecule has 0 bridgehead atoms. The molecule has 2 aromatic heterocycles. The number of hydrogen-bond acceptors (Lipinski definition) is 5. The lowest BCUT2D eigenvalue weighted by Gasteiger charge is -2.14. The van der Waals surface area contributed by atoms with E-state index in [1.165, 1.54) is 12.8 Å². The van der Waals surface area contributed by atoms with Crippen molar-refractivity contribution in [2.24, 2.45) is 0 Å². The van der Waals surface area contributed by atoms with Crippen molar-refractivity contribution in [1.29, 1.82) is 0 Å². The average Bonchev–Trinajstić information content (AvgIpc) is 3.37. The number of aliphatic hydroxyl groups excluding tert-OH is 1. The normalized spacial score (nSPS) is 12.8. The van der Waals surface area contributed by atoms with E-state index in [4.69, 9.17) is 4.74 Å². The van der Waals surface area contributed by atoms with Crippen molar-refractivity contribution in [3.8, 4) is 0 Å². The molecule has 0 saturated carbocycles. The molecule has 146 valence electrons. The van der Waals surface area contributed by atoms with Crippen LogP contribution in [0.15, 0.2) is 33.7 Å².